The second kappa shape index (κ2) is 6.30. The Hall–Kier alpha value is -1.69. The van der Waals surface area contributed by atoms with Gasteiger partial charge in [0.1, 0.15) is 10.8 Å². The lowest BCUT2D eigenvalue weighted by atomic mass is 10.2. The number of halogens is 3. The summed E-state index contributed by atoms with van der Waals surface area (Å²) in [6.45, 7) is 0.0829. The predicted octanol–water partition coefficient (Wildman–Crippen LogP) is 2.21. The molecule has 0 aliphatic rings. The normalized spacial score (nSPS) is 10.2. The molecule has 0 radical (unpaired) electrons. The van der Waals surface area contributed by atoms with Gasteiger partial charge in [-0.25, -0.2) is 8.78 Å². The van der Waals surface area contributed by atoms with Gasteiger partial charge in [0.15, 0.2) is 5.82 Å². The van der Waals surface area contributed by atoms with E-state index in [2.05, 4.69) is 5.32 Å². The van der Waals surface area contributed by atoms with Gasteiger partial charge in [-0.2, -0.15) is 0 Å². The fourth-order valence-corrected chi connectivity index (χ4v) is 1.40. The quantitative estimate of drug-likeness (QED) is 0.640. The maximum absolute atomic E-state index is 13.4. The average molecular weight is 278 g/mol. The monoisotopic (exact) mass is 277 g/mol. The first kappa shape index (κ1) is 14.4. The van der Waals surface area contributed by atoms with Gasteiger partial charge in [0.25, 0.3) is 5.91 Å². The zero-order chi connectivity index (χ0) is 13.7. The van der Waals surface area contributed by atoms with Crippen molar-refractivity contribution in [1.82, 2.24) is 5.32 Å². The summed E-state index contributed by atoms with van der Waals surface area (Å²) in [7, 11) is 0. The van der Waals surface area contributed by atoms with E-state index in [4.69, 9.17) is 16.7 Å². The molecule has 4 nitrogen and oxygen atoms in total. The van der Waals surface area contributed by atoms with E-state index in [1.807, 2.05) is 0 Å². The Morgan fingerprint density at radius 1 is 1.33 bits per heavy atom. The van der Waals surface area contributed by atoms with E-state index in [1.54, 1.807) is 0 Å². The number of rotatable bonds is 5. The number of carbonyl (C=O) groups excluding carboxylic acids is 1. The molecule has 0 aliphatic carbocycles. The molecule has 18 heavy (non-hydrogen) atoms. The van der Waals surface area contributed by atoms with Crippen molar-refractivity contribution in [1.29, 1.82) is 0 Å². The summed E-state index contributed by atoms with van der Waals surface area (Å²) in [5.74, 6) is -3.83. The van der Waals surface area contributed by atoms with Crippen LogP contribution in [0, 0.1) is 11.6 Å². The van der Waals surface area contributed by atoms with Gasteiger partial charge in [-0.3, -0.25) is 9.59 Å². The van der Waals surface area contributed by atoms with Gasteiger partial charge < -0.3 is 10.4 Å². The van der Waals surface area contributed by atoms with Crippen LogP contribution in [-0.4, -0.2) is 23.5 Å². The number of nitrogens with one attached hydrogen (secondary N) is 1. The number of benzene rings is 1. The number of hydrogen-bond donors (Lipinski definition) is 2. The van der Waals surface area contributed by atoms with Gasteiger partial charge in [-0.05, 0) is 18.6 Å². The number of carboxylic acids is 1. The van der Waals surface area contributed by atoms with Crippen LogP contribution < -0.4 is 5.32 Å². The van der Waals surface area contributed by atoms with Crippen molar-refractivity contribution in [3.8, 4) is 0 Å². The lowest BCUT2D eigenvalue weighted by Crippen LogP contribution is -2.26. The molecule has 2 N–H and O–H groups in total. The fourth-order valence-electron chi connectivity index (χ4n) is 1.24. The summed E-state index contributed by atoms with van der Waals surface area (Å²) in [6, 6.07) is 1.86. The van der Waals surface area contributed by atoms with Gasteiger partial charge >= 0.3 is 5.97 Å². The van der Waals surface area contributed by atoms with Crippen molar-refractivity contribution < 1.29 is 23.5 Å². The van der Waals surface area contributed by atoms with Crippen molar-refractivity contribution in [2.45, 2.75) is 12.8 Å². The van der Waals surface area contributed by atoms with Gasteiger partial charge in [0.2, 0.25) is 0 Å². The number of carboxylic acid groups (broad SMARTS) is 1. The zero-order valence-corrected chi connectivity index (χ0v) is 9.93. The Kier molecular flexibility index (Phi) is 5.03. The topological polar surface area (TPSA) is 66.4 Å². The van der Waals surface area contributed by atoms with Crippen LogP contribution in [-0.2, 0) is 4.79 Å². The first-order valence-corrected chi connectivity index (χ1v) is 5.44. The molecular weight excluding hydrogens is 268 g/mol. The Bertz CT molecular complexity index is 480. The third-order valence-electron chi connectivity index (χ3n) is 2.13. The highest BCUT2D eigenvalue weighted by molar-refractivity contribution is 6.31. The van der Waals surface area contributed by atoms with E-state index in [0.29, 0.717) is 0 Å². The summed E-state index contributed by atoms with van der Waals surface area (Å²) in [6.07, 6.45) is 0.116. The lowest BCUT2D eigenvalue weighted by molar-refractivity contribution is -0.137. The largest absolute Gasteiger partial charge is 0.481 e. The molecule has 0 atom stereocenters. The Morgan fingerprint density at radius 2 is 2.00 bits per heavy atom. The molecule has 0 aliphatic heterocycles. The highest BCUT2D eigenvalue weighted by Gasteiger charge is 2.16. The number of amides is 1. The molecule has 0 heterocycles. The minimum absolute atomic E-state index is 0.0829. The molecule has 0 bridgehead atoms. The highest BCUT2D eigenvalue weighted by Crippen LogP contribution is 2.21. The van der Waals surface area contributed by atoms with Crippen LogP contribution in [0.3, 0.4) is 0 Å². The molecule has 7 heteroatoms. The number of carbonyl (C=O) groups is 2. The second-order valence-electron chi connectivity index (χ2n) is 3.48. The third-order valence-corrected chi connectivity index (χ3v) is 2.48. The van der Waals surface area contributed by atoms with Gasteiger partial charge in [-0.15, -0.1) is 0 Å². The third kappa shape index (κ3) is 3.66. The van der Waals surface area contributed by atoms with Crippen LogP contribution in [0.2, 0.25) is 5.02 Å². The van der Waals surface area contributed by atoms with Crippen molar-refractivity contribution in [2.24, 2.45) is 0 Å². The van der Waals surface area contributed by atoms with Crippen molar-refractivity contribution in [3.63, 3.8) is 0 Å². The smallest absolute Gasteiger partial charge is 0.303 e. The van der Waals surface area contributed by atoms with E-state index in [-0.39, 0.29) is 24.9 Å². The summed E-state index contributed by atoms with van der Waals surface area (Å²) >= 11 is 5.32. The van der Waals surface area contributed by atoms with Gasteiger partial charge in [0.05, 0.1) is 5.56 Å². The van der Waals surface area contributed by atoms with Crippen LogP contribution in [0.5, 0.6) is 0 Å². The van der Waals surface area contributed by atoms with Crippen molar-refractivity contribution in [2.75, 3.05) is 6.54 Å². The molecule has 0 unspecified atom stereocenters. The highest BCUT2D eigenvalue weighted by atomic mass is 35.5. The minimum atomic E-state index is -1.13. The molecule has 0 saturated heterocycles. The molecule has 0 saturated carbocycles. The maximum atomic E-state index is 13.4. The van der Waals surface area contributed by atoms with E-state index in [1.165, 1.54) is 0 Å². The van der Waals surface area contributed by atoms with Gasteiger partial charge in [-0.1, -0.05) is 11.6 Å². The molecule has 0 spiro atoms. The molecule has 1 amide bonds. The SMILES string of the molecule is O=C(O)CCCNC(=O)c1ccc(F)c(Cl)c1F. The second-order valence-corrected chi connectivity index (χ2v) is 3.85. The van der Waals surface area contributed by atoms with Crippen LogP contribution >= 0.6 is 11.6 Å². The first-order valence-electron chi connectivity index (χ1n) is 5.07. The summed E-state index contributed by atoms with van der Waals surface area (Å²) < 4.78 is 26.3. The van der Waals surface area contributed by atoms with E-state index < -0.39 is 28.5 Å². The predicted molar refractivity (Wildman–Crippen MR) is 60.6 cm³/mol. The summed E-state index contributed by atoms with van der Waals surface area (Å²) in [4.78, 5) is 21.7. The molecule has 0 fully saturated rings. The minimum Gasteiger partial charge on any atom is -0.481 e. The van der Waals surface area contributed by atoms with Crippen LogP contribution in [0.15, 0.2) is 12.1 Å². The summed E-state index contributed by atoms with van der Waals surface area (Å²) in [5.41, 5.74) is -0.378. The van der Waals surface area contributed by atoms with E-state index in [0.717, 1.165) is 12.1 Å². The standard InChI is InChI=1S/C11H10ClF2NO3/c12-9-7(13)4-3-6(10(9)14)11(18)15-5-1-2-8(16)17/h3-4H,1-2,5H2,(H,15,18)(H,16,17). The number of hydrogen-bond acceptors (Lipinski definition) is 2. The molecule has 98 valence electrons. The summed E-state index contributed by atoms with van der Waals surface area (Å²) in [5, 5.41) is 9.95. The molecule has 1 aromatic rings. The Morgan fingerprint density at radius 3 is 2.61 bits per heavy atom. The van der Waals surface area contributed by atoms with E-state index >= 15 is 0 Å². The first-order chi connectivity index (χ1) is 8.43. The number of aliphatic carboxylic acids is 1. The fraction of sp³-hybridized carbons (Fsp3) is 0.273. The van der Waals surface area contributed by atoms with Crippen LogP contribution in [0.4, 0.5) is 8.78 Å². The van der Waals surface area contributed by atoms with Crippen molar-refractivity contribution in [3.05, 3.63) is 34.4 Å². The zero-order valence-electron chi connectivity index (χ0n) is 9.17. The van der Waals surface area contributed by atoms with Crippen LogP contribution in [0.25, 0.3) is 0 Å². The molecule has 1 rings (SSSR count). The molecule has 1 aromatic carbocycles. The van der Waals surface area contributed by atoms with E-state index in [9.17, 15) is 18.4 Å². The van der Waals surface area contributed by atoms with Crippen molar-refractivity contribution >= 4 is 23.5 Å². The van der Waals surface area contributed by atoms with Gasteiger partial charge in [0, 0.05) is 13.0 Å². The molecular formula is C11H10ClF2NO3. The maximum Gasteiger partial charge on any atom is 0.303 e. The lowest BCUT2D eigenvalue weighted by Gasteiger charge is -2.06. The Balaban J connectivity index is 2.62. The average Bonchev–Trinajstić information content (AvgIpc) is 2.31. The molecule has 0 aromatic heterocycles. The Labute approximate surface area is 107 Å². The van der Waals surface area contributed by atoms with Crippen LogP contribution in [0.1, 0.15) is 23.2 Å².